The maximum atomic E-state index is 10.6. The molecular formula is C15H16N2O2. The summed E-state index contributed by atoms with van der Waals surface area (Å²) in [4.78, 5) is 18.7. The SMILES string of the molecule is Cc1cc(C=O)cnc1OCCCc1ccncc1. The van der Waals surface area contributed by atoms with E-state index in [4.69, 9.17) is 4.74 Å². The second-order valence-corrected chi connectivity index (χ2v) is 4.32. The Morgan fingerprint density at radius 1 is 1.32 bits per heavy atom. The second kappa shape index (κ2) is 6.64. The molecule has 0 fully saturated rings. The summed E-state index contributed by atoms with van der Waals surface area (Å²) >= 11 is 0. The lowest BCUT2D eigenvalue weighted by atomic mass is 10.1. The van der Waals surface area contributed by atoms with Crippen LogP contribution in [0.1, 0.15) is 27.9 Å². The van der Waals surface area contributed by atoms with Gasteiger partial charge in [-0.1, -0.05) is 0 Å². The van der Waals surface area contributed by atoms with Crippen molar-refractivity contribution in [2.24, 2.45) is 0 Å². The number of nitrogens with zero attached hydrogens (tertiary/aromatic N) is 2. The van der Waals surface area contributed by atoms with E-state index in [1.807, 2.05) is 19.1 Å². The lowest BCUT2D eigenvalue weighted by molar-refractivity contribution is 0.112. The minimum atomic E-state index is 0.571. The van der Waals surface area contributed by atoms with Crippen molar-refractivity contribution in [1.29, 1.82) is 0 Å². The Morgan fingerprint density at radius 3 is 2.79 bits per heavy atom. The van der Waals surface area contributed by atoms with Crippen LogP contribution < -0.4 is 4.74 Å². The van der Waals surface area contributed by atoms with Crippen LogP contribution in [0.25, 0.3) is 0 Å². The van der Waals surface area contributed by atoms with Crippen LogP contribution >= 0.6 is 0 Å². The van der Waals surface area contributed by atoms with Gasteiger partial charge in [0.05, 0.1) is 6.61 Å². The summed E-state index contributed by atoms with van der Waals surface area (Å²) < 4.78 is 5.62. The number of rotatable bonds is 6. The van der Waals surface area contributed by atoms with E-state index in [9.17, 15) is 4.79 Å². The predicted octanol–water partition coefficient (Wildman–Crippen LogP) is 2.61. The molecule has 2 aromatic rings. The molecule has 0 N–H and O–H groups in total. The van der Waals surface area contributed by atoms with E-state index in [2.05, 4.69) is 9.97 Å². The molecule has 0 aliphatic carbocycles. The van der Waals surface area contributed by atoms with Crippen LogP contribution in [0.2, 0.25) is 0 Å². The molecule has 4 heteroatoms. The summed E-state index contributed by atoms with van der Waals surface area (Å²) in [6.07, 6.45) is 7.76. The predicted molar refractivity (Wildman–Crippen MR) is 72.4 cm³/mol. The highest BCUT2D eigenvalue weighted by atomic mass is 16.5. The molecule has 0 radical (unpaired) electrons. The molecule has 19 heavy (non-hydrogen) atoms. The van der Waals surface area contributed by atoms with Crippen molar-refractivity contribution in [1.82, 2.24) is 9.97 Å². The zero-order valence-electron chi connectivity index (χ0n) is 10.9. The number of carbonyl (C=O) groups excluding carboxylic acids is 1. The van der Waals surface area contributed by atoms with Gasteiger partial charge in [-0.05, 0) is 43.5 Å². The number of aldehydes is 1. The number of pyridine rings is 2. The zero-order valence-corrected chi connectivity index (χ0v) is 10.9. The van der Waals surface area contributed by atoms with Crippen molar-refractivity contribution in [2.45, 2.75) is 19.8 Å². The van der Waals surface area contributed by atoms with Gasteiger partial charge in [0.15, 0.2) is 6.29 Å². The maximum Gasteiger partial charge on any atom is 0.216 e. The Bertz CT molecular complexity index is 541. The van der Waals surface area contributed by atoms with Gasteiger partial charge in [0.1, 0.15) is 0 Å². The summed E-state index contributed by atoms with van der Waals surface area (Å²) in [7, 11) is 0. The van der Waals surface area contributed by atoms with Crippen LogP contribution in [0.3, 0.4) is 0 Å². The third kappa shape index (κ3) is 3.88. The van der Waals surface area contributed by atoms with Crippen molar-refractivity contribution in [3.8, 4) is 5.88 Å². The van der Waals surface area contributed by atoms with Gasteiger partial charge in [-0.25, -0.2) is 4.98 Å². The maximum absolute atomic E-state index is 10.6. The molecule has 0 unspecified atom stereocenters. The first-order chi connectivity index (χ1) is 9.29. The Hall–Kier alpha value is -2.23. The number of aryl methyl sites for hydroxylation is 2. The highest BCUT2D eigenvalue weighted by Gasteiger charge is 2.02. The monoisotopic (exact) mass is 256 g/mol. The lowest BCUT2D eigenvalue weighted by Gasteiger charge is -2.08. The van der Waals surface area contributed by atoms with Crippen LogP contribution in [0.15, 0.2) is 36.8 Å². The van der Waals surface area contributed by atoms with Crippen molar-refractivity contribution in [2.75, 3.05) is 6.61 Å². The molecule has 0 atom stereocenters. The number of carbonyl (C=O) groups is 1. The van der Waals surface area contributed by atoms with Gasteiger partial charge in [-0.3, -0.25) is 9.78 Å². The molecule has 98 valence electrons. The van der Waals surface area contributed by atoms with Crippen LogP contribution in [-0.2, 0) is 6.42 Å². The molecule has 2 aromatic heterocycles. The first-order valence-corrected chi connectivity index (χ1v) is 6.23. The van der Waals surface area contributed by atoms with Crippen molar-refractivity contribution < 1.29 is 9.53 Å². The van der Waals surface area contributed by atoms with E-state index in [1.54, 1.807) is 18.5 Å². The van der Waals surface area contributed by atoms with Gasteiger partial charge >= 0.3 is 0 Å². The number of hydrogen-bond donors (Lipinski definition) is 0. The topological polar surface area (TPSA) is 52.1 Å². The Balaban J connectivity index is 1.81. The normalized spacial score (nSPS) is 10.2. The first-order valence-electron chi connectivity index (χ1n) is 6.23. The van der Waals surface area contributed by atoms with E-state index in [-0.39, 0.29) is 0 Å². The van der Waals surface area contributed by atoms with E-state index in [1.165, 1.54) is 11.8 Å². The third-order valence-electron chi connectivity index (χ3n) is 2.79. The Morgan fingerprint density at radius 2 is 2.11 bits per heavy atom. The molecule has 0 bridgehead atoms. The number of ether oxygens (including phenoxy) is 1. The fraction of sp³-hybridized carbons (Fsp3) is 0.267. The smallest absolute Gasteiger partial charge is 0.216 e. The second-order valence-electron chi connectivity index (χ2n) is 4.32. The molecule has 0 aliphatic heterocycles. The van der Waals surface area contributed by atoms with Crippen LogP contribution in [0, 0.1) is 6.92 Å². The van der Waals surface area contributed by atoms with Gasteiger partial charge < -0.3 is 4.74 Å². The molecule has 0 spiro atoms. The average Bonchev–Trinajstić information content (AvgIpc) is 2.46. The first kappa shape index (κ1) is 13.2. The quantitative estimate of drug-likeness (QED) is 0.589. The molecule has 0 saturated carbocycles. The van der Waals surface area contributed by atoms with Gasteiger partial charge in [0.25, 0.3) is 0 Å². The minimum absolute atomic E-state index is 0.571. The summed E-state index contributed by atoms with van der Waals surface area (Å²) in [6.45, 7) is 2.49. The van der Waals surface area contributed by atoms with Crippen LogP contribution in [-0.4, -0.2) is 22.9 Å². The van der Waals surface area contributed by atoms with Gasteiger partial charge in [0.2, 0.25) is 5.88 Å². The highest BCUT2D eigenvalue weighted by Crippen LogP contribution is 2.15. The van der Waals surface area contributed by atoms with Gasteiger partial charge in [-0.15, -0.1) is 0 Å². The van der Waals surface area contributed by atoms with E-state index < -0.39 is 0 Å². The summed E-state index contributed by atoms with van der Waals surface area (Å²) in [5.74, 6) is 0.598. The Kier molecular flexibility index (Phi) is 4.61. The average molecular weight is 256 g/mol. The van der Waals surface area contributed by atoms with Crippen LogP contribution in [0.4, 0.5) is 0 Å². The lowest BCUT2D eigenvalue weighted by Crippen LogP contribution is -2.03. The van der Waals surface area contributed by atoms with Crippen molar-refractivity contribution in [3.63, 3.8) is 0 Å². The van der Waals surface area contributed by atoms with Gasteiger partial charge in [-0.2, -0.15) is 0 Å². The number of aromatic nitrogens is 2. The fourth-order valence-electron chi connectivity index (χ4n) is 1.79. The minimum Gasteiger partial charge on any atom is -0.477 e. The zero-order chi connectivity index (χ0) is 13.5. The molecular weight excluding hydrogens is 240 g/mol. The van der Waals surface area contributed by atoms with E-state index in [0.29, 0.717) is 18.1 Å². The summed E-state index contributed by atoms with van der Waals surface area (Å²) in [5.41, 5.74) is 2.70. The van der Waals surface area contributed by atoms with Crippen molar-refractivity contribution in [3.05, 3.63) is 53.5 Å². The third-order valence-corrected chi connectivity index (χ3v) is 2.79. The Labute approximate surface area is 112 Å². The molecule has 2 rings (SSSR count). The summed E-state index contributed by atoms with van der Waals surface area (Å²) in [6, 6.07) is 5.78. The molecule has 0 saturated heterocycles. The fourth-order valence-corrected chi connectivity index (χ4v) is 1.79. The van der Waals surface area contributed by atoms with E-state index in [0.717, 1.165) is 24.7 Å². The van der Waals surface area contributed by atoms with E-state index >= 15 is 0 Å². The van der Waals surface area contributed by atoms with Crippen LogP contribution in [0.5, 0.6) is 5.88 Å². The van der Waals surface area contributed by atoms with Gasteiger partial charge in [0, 0.05) is 29.7 Å². The molecule has 2 heterocycles. The largest absolute Gasteiger partial charge is 0.477 e. The standard InChI is InChI=1S/C15H16N2O2/c1-12-9-14(11-18)10-17-15(12)19-8-2-3-13-4-6-16-7-5-13/h4-7,9-11H,2-3,8H2,1H3. The molecule has 0 aliphatic rings. The summed E-state index contributed by atoms with van der Waals surface area (Å²) in [5, 5.41) is 0. The highest BCUT2D eigenvalue weighted by molar-refractivity contribution is 5.74. The molecule has 0 amide bonds. The molecule has 0 aromatic carbocycles. The number of hydrogen-bond acceptors (Lipinski definition) is 4. The van der Waals surface area contributed by atoms with Crippen molar-refractivity contribution >= 4 is 6.29 Å². The molecule has 4 nitrogen and oxygen atoms in total.